The van der Waals surface area contributed by atoms with E-state index in [2.05, 4.69) is 35.2 Å². The number of hydrogen-bond donors (Lipinski definition) is 0. The predicted octanol–water partition coefficient (Wildman–Crippen LogP) is 3.91. The summed E-state index contributed by atoms with van der Waals surface area (Å²) in [4.78, 5) is 17.2. The zero-order valence-corrected chi connectivity index (χ0v) is 15.2. The summed E-state index contributed by atoms with van der Waals surface area (Å²) in [7, 11) is 0. The van der Waals surface area contributed by atoms with Crippen LogP contribution in [-0.2, 0) is 11.3 Å². The van der Waals surface area contributed by atoms with Crippen molar-refractivity contribution in [1.29, 1.82) is 0 Å². The Kier molecular flexibility index (Phi) is 5.14. The number of benzene rings is 1. The van der Waals surface area contributed by atoms with Gasteiger partial charge in [-0.25, -0.2) is 4.79 Å². The smallest absolute Gasteiger partial charge is 0.410 e. The number of hydrogen-bond acceptors (Lipinski definition) is 3. The standard InChI is InChI=1S/C20H30N2O2/c1-20(2,3)24-19(23)22-13-7-12-21(15-18(22)17-10-11-17)14-16-8-5-4-6-9-16/h4-6,8-9,17-18H,7,10-15H2,1-3H3/t18-/m0/s1. The van der Waals surface area contributed by atoms with Crippen LogP contribution in [0.4, 0.5) is 4.79 Å². The number of carbonyl (C=O) groups excluding carboxylic acids is 1. The van der Waals surface area contributed by atoms with Crippen molar-refractivity contribution in [2.24, 2.45) is 5.92 Å². The molecule has 0 N–H and O–H groups in total. The fraction of sp³-hybridized carbons (Fsp3) is 0.650. The molecule has 0 bridgehead atoms. The molecule has 1 atom stereocenters. The van der Waals surface area contributed by atoms with E-state index in [1.807, 2.05) is 25.7 Å². The Morgan fingerprint density at radius 2 is 1.88 bits per heavy atom. The fourth-order valence-corrected chi connectivity index (χ4v) is 3.50. The van der Waals surface area contributed by atoms with Crippen LogP contribution in [0.5, 0.6) is 0 Å². The molecule has 1 amide bonds. The van der Waals surface area contributed by atoms with Crippen LogP contribution < -0.4 is 0 Å². The summed E-state index contributed by atoms with van der Waals surface area (Å²) in [6, 6.07) is 10.9. The molecular formula is C20H30N2O2. The molecule has 0 spiro atoms. The van der Waals surface area contributed by atoms with E-state index in [4.69, 9.17) is 4.74 Å². The SMILES string of the molecule is CC(C)(C)OC(=O)N1CCCN(Cc2ccccc2)C[C@H]1C1CC1. The first-order chi connectivity index (χ1) is 11.4. The molecule has 4 nitrogen and oxygen atoms in total. The zero-order valence-electron chi connectivity index (χ0n) is 15.2. The van der Waals surface area contributed by atoms with Gasteiger partial charge in [0.1, 0.15) is 5.60 Å². The van der Waals surface area contributed by atoms with Gasteiger partial charge < -0.3 is 9.64 Å². The molecule has 0 aromatic heterocycles. The topological polar surface area (TPSA) is 32.8 Å². The van der Waals surface area contributed by atoms with Gasteiger partial charge in [0.05, 0.1) is 6.04 Å². The highest BCUT2D eigenvalue weighted by atomic mass is 16.6. The van der Waals surface area contributed by atoms with Crippen LogP contribution in [0.3, 0.4) is 0 Å². The van der Waals surface area contributed by atoms with Gasteiger partial charge in [-0.3, -0.25) is 4.90 Å². The molecule has 1 aliphatic heterocycles. The molecule has 1 heterocycles. The van der Waals surface area contributed by atoms with Gasteiger partial charge in [0.25, 0.3) is 0 Å². The summed E-state index contributed by atoms with van der Waals surface area (Å²) in [5, 5.41) is 0. The fourth-order valence-electron chi connectivity index (χ4n) is 3.50. The Morgan fingerprint density at radius 3 is 2.50 bits per heavy atom. The maximum atomic E-state index is 12.7. The van der Waals surface area contributed by atoms with E-state index in [0.29, 0.717) is 12.0 Å². The summed E-state index contributed by atoms with van der Waals surface area (Å²) in [6.45, 7) is 9.59. The van der Waals surface area contributed by atoms with Crippen molar-refractivity contribution in [3.63, 3.8) is 0 Å². The number of amides is 1. The second-order valence-electron chi connectivity index (χ2n) is 8.15. The van der Waals surface area contributed by atoms with E-state index in [0.717, 1.165) is 32.6 Å². The van der Waals surface area contributed by atoms with Crippen molar-refractivity contribution >= 4 is 6.09 Å². The Hall–Kier alpha value is -1.55. The number of carbonyl (C=O) groups is 1. The predicted molar refractivity (Wildman–Crippen MR) is 95.8 cm³/mol. The third-order valence-corrected chi connectivity index (χ3v) is 4.76. The van der Waals surface area contributed by atoms with Crippen LogP contribution in [0, 0.1) is 5.92 Å². The maximum absolute atomic E-state index is 12.7. The lowest BCUT2D eigenvalue weighted by Crippen LogP contribution is -2.47. The molecule has 2 aliphatic rings. The number of ether oxygens (including phenoxy) is 1. The van der Waals surface area contributed by atoms with E-state index < -0.39 is 5.60 Å². The summed E-state index contributed by atoms with van der Waals surface area (Å²) in [5.41, 5.74) is 0.916. The molecule has 1 saturated carbocycles. The summed E-state index contributed by atoms with van der Waals surface area (Å²) >= 11 is 0. The molecule has 24 heavy (non-hydrogen) atoms. The molecule has 1 aromatic rings. The van der Waals surface area contributed by atoms with E-state index in [-0.39, 0.29) is 6.09 Å². The van der Waals surface area contributed by atoms with Gasteiger partial charge in [-0.2, -0.15) is 0 Å². The van der Waals surface area contributed by atoms with E-state index in [1.54, 1.807) is 0 Å². The highest BCUT2D eigenvalue weighted by Gasteiger charge is 2.40. The van der Waals surface area contributed by atoms with E-state index >= 15 is 0 Å². The monoisotopic (exact) mass is 330 g/mol. The highest BCUT2D eigenvalue weighted by Crippen LogP contribution is 2.37. The van der Waals surface area contributed by atoms with Crippen molar-refractivity contribution in [2.75, 3.05) is 19.6 Å². The second kappa shape index (κ2) is 7.14. The molecular weight excluding hydrogens is 300 g/mol. The highest BCUT2D eigenvalue weighted by molar-refractivity contribution is 5.68. The van der Waals surface area contributed by atoms with Crippen molar-refractivity contribution in [3.8, 4) is 0 Å². The van der Waals surface area contributed by atoms with Crippen LogP contribution in [0.25, 0.3) is 0 Å². The van der Waals surface area contributed by atoms with Gasteiger partial charge in [0.15, 0.2) is 0 Å². The minimum atomic E-state index is -0.429. The largest absolute Gasteiger partial charge is 0.444 e. The average Bonchev–Trinajstić information content (AvgIpc) is 3.33. The Balaban J connectivity index is 1.68. The maximum Gasteiger partial charge on any atom is 0.410 e. The molecule has 0 radical (unpaired) electrons. The lowest BCUT2D eigenvalue weighted by Gasteiger charge is -2.33. The molecule has 0 unspecified atom stereocenters. The first-order valence-corrected chi connectivity index (χ1v) is 9.18. The molecule has 1 aliphatic carbocycles. The van der Waals surface area contributed by atoms with Crippen LogP contribution in [-0.4, -0.2) is 47.2 Å². The van der Waals surface area contributed by atoms with Gasteiger partial charge in [0.2, 0.25) is 0 Å². The van der Waals surface area contributed by atoms with Gasteiger partial charge in [0, 0.05) is 26.2 Å². The van der Waals surface area contributed by atoms with Crippen LogP contribution in [0.1, 0.15) is 45.6 Å². The minimum Gasteiger partial charge on any atom is -0.444 e. The minimum absolute atomic E-state index is 0.138. The van der Waals surface area contributed by atoms with Crippen LogP contribution in [0.2, 0.25) is 0 Å². The lowest BCUT2D eigenvalue weighted by atomic mass is 10.1. The van der Waals surface area contributed by atoms with Crippen molar-refractivity contribution in [1.82, 2.24) is 9.80 Å². The van der Waals surface area contributed by atoms with Crippen molar-refractivity contribution < 1.29 is 9.53 Å². The van der Waals surface area contributed by atoms with Gasteiger partial charge in [-0.05, 0) is 51.5 Å². The van der Waals surface area contributed by atoms with Crippen molar-refractivity contribution in [3.05, 3.63) is 35.9 Å². The average molecular weight is 330 g/mol. The van der Waals surface area contributed by atoms with Gasteiger partial charge in [-0.1, -0.05) is 30.3 Å². The van der Waals surface area contributed by atoms with Crippen molar-refractivity contribution in [2.45, 2.75) is 58.2 Å². The number of rotatable bonds is 3. The third kappa shape index (κ3) is 4.73. The quantitative estimate of drug-likeness (QED) is 0.842. The first-order valence-electron chi connectivity index (χ1n) is 9.18. The lowest BCUT2D eigenvalue weighted by molar-refractivity contribution is 0.0138. The van der Waals surface area contributed by atoms with Gasteiger partial charge >= 0.3 is 6.09 Å². The first kappa shape index (κ1) is 17.3. The molecule has 4 heteroatoms. The van der Waals surface area contributed by atoms with E-state index in [9.17, 15) is 4.79 Å². The molecule has 3 rings (SSSR count). The summed E-state index contributed by atoms with van der Waals surface area (Å²) in [5.74, 6) is 0.647. The summed E-state index contributed by atoms with van der Waals surface area (Å²) in [6.07, 6.45) is 3.35. The molecule has 1 aromatic carbocycles. The molecule has 1 saturated heterocycles. The van der Waals surface area contributed by atoms with E-state index in [1.165, 1.54) is 18.4 Å². The molecule has 2 fully saturated rings. The number of nitrogens with zero attached hydrogens (tertiary/aromatic N) is 2. The Bertz CT molecular complexity index is 549. The van der Waals surface area contributed by atoms with Crippen LogP contribution in [0.15, 0.2) is 30.3 Å². The normalized spacial score (nSPS) is 23.0. The van der Waals surface area contributed by atoms with Crippen LogP contribution >= 0.6 is 0 Å². The third-order valence-electron chi connectivity index (χ3n) is 4.76. The molecule has 132 valence electrons. The zero-order chi connectivity index (χ0) is 17.2. The Morgan fingerprint density at radius 1 is 1.17 bits per heavy atom. The Labute approximate surface area is 145 Å². The summed E-state index contributed by atoms with van der Waals surface area (Å²) < 4.78 is 5.66. The van der Waals surface area contributed by atoms with Gasteiger partial charge in [-0.15, -0.1) is 0 Å². The second-order valence-corrected chi connectivity index (χ2v) is 8.15.